The molecule has 0 saturated carbocycles. The minimum Gasteiger partial charge on any atom is -0.308 e. The Morgan fingerprint density at radius 1 is 0.867 bits per heavy atom. The van der Waals surface area contributed by atoms with Gasteiger partial charge in [-0.2, -0.15) is 0 Å². The molecule has 0 spiro atoms. The Bertz CT molecular complexity index is 196. The predicted octanol–water partition coefficient (Wildman–Crippen LogP) is 3.93. The van der Waals surface area contributed by atoms with Crippen molar-refractivity contribution in [2.75, 3.05) is 13.2 Å². The van der Waals surface area contributed by atoms with Crippen molar-refractivity contribution in [3.63, 3.8) is 0 Å². The highest BCUT2D eigenvalue weighted by molar-refractivity contribution is 7.54. The van der Waals surface area contributed by atoms with Gasteiger partial charge in [-0.25, -0.2) is 0 Å². The summed E-state index contributed by atoms with van der Waals surface area (Å²) in [5, 5.41) is 0. The van der Waals surface area contributed by atoms with Crippen LogP contribution in [0, 0.1) is 11.8 Å². The Balaban J connectivity index is 4.26. The average Bonchev–Trinajstić information content (AvgIpc) is 2.11. The van der Waals surface area contributed by atoms with Crippen LogP contribution >= 0.6 is 7.60 Å². The van der Waals surface area contributed by atoms with Crippen molar-refractivity contribution in [2.24, 2.45) is 11.8 Å². The average molecular weight is 236 g/mol. The van der Waals surface area contributed by atoms with E-state index in [4.69, 9.17) is 9.05 Å². The summed E-state index contributed by atoms with van der Waals surface area (Å²) in [7, 11) is -2.90. The summed E-state index contributed by atoms with van der Waals surface area (Å²) < 4.78 is 23.1. The molecule has 15 heavy (non-hydrogen) atoms. The van der Waals surface area contributed by atoms with Gasteiger partial charge in [-0.1, -0.05) is 41.5 Å². The van der Waals surface area contributed by atoms with Gasteiger partial charge in [-0.3, -0.25) is 4.57 Å². The standard InChI is InChI=1S/C11H25O3P/c1-9(2)7-13-15(12,11(5)6)14-8-10(3)4/h9-11H,7-8H2,1-6H3. The topological polar surface area (TPSA) is 35.5 Å². The van der Waals surface area contributed by atoms with Gasteiger partial charge in [-0.15, -0.1) is 0 Å². The molecule has 0 fully saturated rings. The van der Waals surface area contributed by atoms with E-state index >= 15 is 0 Å². The molecule has 4 heteroatoms. The molecule has 0 aliphatic rings. The molecule has 92 valence electrons. The van der Waals surface area contributed by atoms with E-state index in [1.165, 1.54) is 0 Å². The quantitative estimate of drug-likeness (QED) is 0.628. The molecule has 0 bridgehead atoms. The van der Waals surface area contributed by atoms with Crippen molar-refractivity contribution < 1.29 is 13.6 Å². The Morgan fingerprint density at radius 2 is 1.20 bits per heavy atom. The van der Waals surface area contributed by atoms with Crippen molar-refractivity contribution >= 4 is 7.60 Å². The normalized spacial score (nSPS) is 13.1. The van der Waals surface area contributed by atoms with Gasteiger partial charge in [0.15, 0.2) is 0 Å². The largest absolute Gasteiger partial charge is 0.333 e. The highest BCUT2D eigenvalue weighted by Gasteiger charge is 2.29. The summed E-state index contributed by atoms with van der Waals surface area (Å²) in [6.07, 6.45) is 0. The minimum absolute atomic E-state index is 0.0741. The Morgan fingerprint density at radius 3 is 1.40 bits per heavy atom. The summed E-state index contributed by atoms with van der Waals surface area (Å²) in [6.45, 7) is 12.9. The molecule has 3 nitrogen and oxygen atoms in total. The van der Waals surface area contributed by atoms with Crippen molar-refractivity contribution in [3.05, 3.63) is 0 Å². The predicted molar refractivity (Wildman–Crippen MR) is 64.3 cm³/mol. The second kappa shape index (κ2) is 6.67. The second-order valence-corrected chi connectivity index (χ2v) is 7.64. The zero-order chi connectivity index (χ0) is 12.1. The highest BCUT2D eigenvalue weighted by Crippen LogP contribution is 2.53. The van der Waals surface area contributed by atoms with Gasteiger partial charge in [-0.05, 0) is 11.8 Å². The lowest BCUT2D eigenvalue weighted by Gasteiger charge is -2.23. The van der Waals surface area contributed by atoms with Crippen LogP contribution in [0.4, 0.5) is 0 Å². The van der Waals surface area contributed by atoms with Gasteiger partial charge in [0, 0.05) is 0 Å². The van der Waals surface area contributed by atoms with E-state index in [9.17, 15) is 4.57 Å². The summed E-state index contributed by atoms with van der Waals surface area (Å²) in [5.41, 5.74) is -0.0741. The molecule has 0 N–H and O–H groups in total. The third-order valence-electron chi connectivity index (χ3n) is 1.81. The summed E-state index contributed by atoms with van der Waals surface area (Å²) in [5.74, 6) is 0.749. The van der Waals surface area contributed by atoms with Gasteiger partial charge < -0.3 is 9.05 Å². The Kier molecular flexibility index (Phi) is 6.74. The maximum absolute atomic E-state index is 12.3. The lowest BCUT2D eigenvalue weighted by atomic mass is 10.2. The van der Waals surface area contributed by atoms with Crippen LogP contribution in [0.5, 0.6) is 0 Å². The molecule has 0 heterocycles. The van der Waals surface area contributed by atoms with Crippen LogP contribution in [0.1, 0.15) is 41.5 Å². The first kappa shape index (κ1) is 15.2. The van der Waals surface area contributed by atoms with E-state index in [0.717, 1.165) is 0 Å². The van der Waals surface area contributed by atoms with Gasteiger partial charge in [0.25, 0.3) is 0 Å². The zero-order valence-electron chi connectivity index (χ0n) is 10.8. The third kappa shape index (κ3) is 6.34. The van der Waals surface area contributed by atoms with Crippen molar-refractivity contribution in [2.45, 2.75) is 47.2 Å². The lowest BCUT2D eigenvalue weighted by molar-refractivity contribution is 0.169. The fraction of sp³-hybridized carbons (Fsp3) is 1.00. The first-order chi connectivity index (χ1) is 6.78. The molecule has 0 unspecified atom stereocenters. The molecular weight excluding hydrogens is 211 g/mol. The lowest BCUT2D eigenvalue weighted by Crippen LogP contribution is -2.12. The maximum Gasteiger partial charge on any atom is 0.333 e. The fourth-order valence-corrected chi connectivity index (χ4v) is 2.52. The first-order valence-corrected chi connectivity index (χ1v) is 7.28. The first-order valence-electron chi connectivity index (χ1n) is 5.66. The third-order valence-corrected chi connectivity index (χ3v) is 4.09. The molecule has 0 aromatic rings. The van der Waals surface area contributed by atoms with Crippen molar-refractivity contribution in [1.29, 1.82) is 0 Å². The van der Waals surface area contributed by atoms with Gasteiger partial charge in [0.2, 0.25) is 0 Å². The number of hydrogen-bond donors (Lipinski definition) is 0. The number of rotatable bonds is 7. The molecular formula is C11H25O3P. The molecule has 0 aliphatic heterocycles. The van der Waals surface area contributed by atoms with Crippen LogP contribution < -0.4 is 0 Å². The summed E-state index contributed by atoms with van der Waals surface area (Å²) in [6, 6.07) is 0. The summed E-state index contributed by atoms with van der Waals surface area (Å²) >= 11 is 0. The molecule has 0 aromatic heterocycles. The van der Waals surface area contributed by atoms with Gasteiger partial charge in [0.05, 0.1) is 18.9 Å². The van der Waals surface area contributed by atoms with Crippen LogP contribution in [0.25, 0.3) is 0 Å². The van der Waals surface area contributed by atoms with E-state index < -0.39 is 7.60 Å². The van der Waals surface area contributed by atoms with Crippen LogP contribution in [-0.4, -0.2) is 18.9 Å². The molecule has 0 aromatic carbocycles. The molecule has 0 radical (unpaired) electrons. The van der Waals surface area contributed by atoms with E-state index in [-0.39, 0.29) is 5.66 Å². The van der Waals surface area contributed by atoms with E-state index in [0.29, 0.717) is 25.0 Å². The van der Waals surface area contributed by atoms with Crippen LogP contribution in [0.3, 0.4) is 0 Å². The Labute approximate surface area is 94.1 Å². The molecule has 0 rings (SSSR count). The van der Waals surface area contributed by atoms with E-state index in [2.05, 4.69) is 0 Å². The van der Waals surface area contributed by atoms with Crippen molar-refractivity contribution in [1.82, 2.24) is 0 Å². The maximum atomic E-state index is 12.3. The molecule has 0 amide bonds. The van der Waals surface area contributed by atoms with Gasteiger partial charge >= 0.3 is 7.60 Å². The van der Waals surface area contributed by atoms with Crippen LogP contribution in [0.2, 0.25) is 0 Å². The van der Waals surface area contributed by atoms with Crippen molar-refractivity contribution in [3.8, 4) is 0 Å². The minimum atomic E-state index is -2.90. The SMILES string of the molecule is CC(C)COP(=O)(OCC(C)C)C(C)C. The van der Waals surface area contributed by atoms with Crippen LogP contribution in [-0.2, 0) is 13.6 Å². The fourth-order valence-electron chi connectivity index (χ4n) is 0.841. The van der Waals surface area contributed by atoms with E-state index in [1.54, 1.807) is 0 Å². The van der Waals surface area contributed by atoms with E-state index in [1.807, 2.05) is 41.5 Å². The smallest absolute Gasteiger partial charge is 0.308 e. The molecule has 0 saturated heterocycles. The monoisotopic (exact) mass is 236 g/mol. The van der Waals surface area contributed by atoms with Crippen LogP contribution in [0.15, 0.2) is 0 Å². The van der Waals surface area contributed by atoms with Gasteiger partial charge in [0.1, 0.15) is 0 Å². The second-order valence-electron chi connectivity index (χ2n) is 5.01. The zero-order valence-corrected chi connectivity index (χ0v) is 11.7. The highest BCUT2D eigenvalue weighted by atomic mass is 31.2. The Hall–Kier alpha value is 0.150. The molecule has 0 atom stereocenters. The molecule has 0 aliphatic carbocycles. The summed E-state index contributed by atoms with van der Waals surface area (Å²) in [4.78, 5) is 0. The number of hydrogen-bond acceptors (Lipinski definition) is 3.